The second-order valence-corrected chi connectivity index (χ2v) is 4.13. The summed E-state index contributed by atoms with van der Waals surface area (Å²) in [5.74, 6) is 0. The van der Waals surface area contributed by atoms with Gasteiger partial charge in [-0.25, -0.2) is 4.21 Å². The standard InChI is InChI=1S/C9H11NO3S/c11-14(12)13-7-9(3-4-9)8-2-1-5-10-6-8/h1-2,5-6H,3-4,7H2,(H,11,12)/p-1. The van der Waals surface area contributed by atoms with E-state index >= 15 is 0 Å². The van der Waals surface area contributed by atoms with E-state index in [1.165, 1.54) is 0 Å². The third kappa shape index (κ3) is 2.00. The van der Waals surface area contributed by atoms with E-state index in [9.17, 15) is 8.76 Å². The lowest BCUT2D eigenvalue weighted by atomic mass is 9.99. The molecule has 5 heteroatoms. The predicted molar refractivity (Wildman–Crippen MR) is 50.0 cm³/mol. The monoisotopic (exact) mass is 212 g/mol. The van der Waals surface area contributed by atoms with E-state index in [2.05, 4.69) is 9.17 Å². The molecule has 1 saturated carbocycles. The molecule has 0 bridgehead atoms. The van der Waals surface area contributed by atoms with Gasteiger partial charge in [-0.05, 0) is 24.5 Å². The fraction of sp³-hybridized carbons (Fsp3) is 0.444. The minimum atomic E-state index is -2.42. The van der Waals surface area contributed by atoms with Crippen LogP contribution in [0.1, 0.15) is 18.4 Å². The molecular weight excluding hydrogens is 202 g/mol. The van der Waals surface area contributed by atoms with Gasteiger partial charge in [-0.1, -0.05) is 6.07 Å². The molecule has 0 N–H and O–H groups in total. The van der Waals surface area contributed by atoms with E-state index in [0.29, 0.717) is 0 Å². The van der Waals surface area contributed by atoms with Crippen molar-refractivity contribution in [3.8, 4) is 0 Å². The molecule has 14 heavy (non-hydrogen) atoms. The Balaban J connectivity index is 2.06. The van der Waals surface area contributed by atoms with Crippen molar-refractivity contribution in [2.45, 2.75) is 18.3 Å². The van der Waals surface area contributed by atoms with Gasteiger partial charge in [-0.15, -0.1) is 0 Å². The van der Waals surface area contributed by atoms with Crippen molar-refractivity contribution in [2.75, 3.05) is 6.61 Å². The first-order valence-corrected chi connectivity index (χ1v) is 5.36. The van der Waals surface area contributed by atoms with Crippen molar-refractivity contribution in [3.63, 3.8) is 0 Å². The van der Waals surface area contributed by atoms with Gasteiger partial charge in [0.2, 0.25) is 0 Å². The molecule has 4 nitrogen and oxygen atoms in total. The van der Waals surface area contributed by atoms with Crippen molar-refractivity contribution in [3.05, 3.63) is 30.1 Å². The number of pyridine rings is 1. The van der Waals surface area contributed by atoms with Crippen LogP contribution in [0.15, 0.2) is 24.5 Å². The van der Waals surface area contributed by atoms with E-state index in [1.54, 1.807) is 12.4 Å². The average molecular weight is 212 g/mol. The largest absolute Gasteiger partial charge is 0.750 e. The number of aromatic nitrogens is 1. The Bertz CT molecular complexity index is 337. The second-order valence-electron chi connectivity index (χ2n) is 3.49. The smallest absolute Gasteiger partial charge is 0.0842 e. The molecule has 1 aliphatic rings. The first-order valence-electron chi connectivity index (χ1n) is 4.36. The van der Waals surface area contributed by atoms with Crippen LogP contribution in [0.25, 0.3) is 0 Å². The lowest BCUT2D eigenvalue weighted by molar-refractivity contribution is 0.268. The summed E-state index contributed by atoms with van der Waals surface area (Å²) in [6, 6.07) is 3.81. The molecule has 0 amide bonds. The molecule has 0 radical (unpaired) electrons. The van der Waals surface area contributed by atoms with Crippen molar-refractivity contribution in [2.24, 2.45) is 0 Å². The summed E-state index contributed by atoms with van der Waals surface area (Å²) in [5.41, 5.74) is 0.958. The van der Waals surface area contributed by atoms with Crippen LogP contribution in [0.4, 0.5) is 0 Å². The van der Waals surface area contributed by atoms with E-state index in [-0.39, 0.29) is 12.0 Å². The SMILES string of the molecule is O=S([O-])OCC1(c2cccnc2)CC1. The Morgan fingerprint density at radius 1 is 1.64 bits per heavy atom. The molecule has 1 aliphatic carbocycles. The lowest BCUT2D eigenvalue weighted by Crippen LogP contribution is -2.16. The first kappa shape index (κ1) is 9.76. The summed E-state index contributed by atoms with van der Waals surface area (Å²) in [6.45, 7) is 0.231. The zero-order valence-electron chi connectivity index (χ0n) is 7.51. The molecule has 0 spiro atoms. The van der Waals surface area contributed by atoms with E-state index in [1.807, 2.05) is 12.1 Å². The molecule has 0 aromatic carbocycles. The van der Waals surface area contributed by atoms with Gasteiger partial charge in [0, 0.05) is 17.8 Å². The third-order valence-electron chi connectivity index (χ3n) is 2.56. The maximum atomic E-state index is 10.3. The molecule has 1 atom stereocenters. The summed E-state index contributed by atoms with van der Waals surface area (Å²) >= 11 is -2.42. The summed E-state index contributed by atoms with van der Waals surface area (Å²) in [6.07, 6.45) is 5.40. The third-order valence-corrected chi connectivity index (χ3v) is 2.87. The summed E-state index contributed by atoms with van der Waals surface area (Å²) in [5, 5.41) is 0. The first-order chi connectivity index (χ1) is 6.73. The van der Waals surface area contributed by atoms with Crippen LogP contribution in [0.3, 0.4) is 0 Å². The lowest BCUT2D eigenvalue weighted by Gasteiger charge is -2.15. The summed E-state index contributed by atoms with van der Waals surface area (Å²) < 4.78 is 25.1. The van der Waals surface area contributed by atoms with Crippen molar-refractivity contribution >= 4 is 11.4 Å². The quantitative estimate of drug-likeness (QED) is 0.696. The molecule has 1 aromatic heterocycles. The molecule has 0 saturated heterocycles. The van der Waals surface area contributed by atoms with E-state index in [0.717, 1.165) is 18.4 Å². The highest BCUT2D eigenvalue weighted by atomic mass is 32.2. The zero-order chi connectivity index (χ0) is 10.0. The Kier molecular flexibility index (Phi) is 2.62. The summed E-state index contributed by atoms with van der Waals surface area (Å²) in [4.78, 5) is 4.01. The second kappa shape index (κ2) is 3.76. The fourth-order valence-electron chi connectivity index (χ4n) is 1.50. The van der Waals surface area contributed by atoms with Crippen LogP contribution in [-0.4, -0.2) is 20.4 Å². The normalized spacial score (nSPS) is 20.4. The van der Waals surface area contributed by atoms with Gasteiger partial charge in [0.05, 0.1) is 18.0 Å². The van der Waals surface area contributed by atoms with E-state index in [4.69, 9.17) is 0 Å². The number of hydrogen-bond acceptors (Lipinski definition) is 4. The van der Waals surface area contributed by atoms with Gasteiger partial charge >= 0.3 is 0 Å². The molecule has 2 rings (SSSR count). The van der Waals surface area contributed by atoms with Gasteiger partial charge in [0.15, 0.2) is 0 Å². The Morgan fingerprint density at radius 2 is 2.43 bits per heavy atom. The van der Waals surface area contributed by atoms with Crippen LogP contribution in [0.2, 0.25) is 0 Å². The van der Waals surface area contributed by atoms with Crippen LogP contribution >= 0.6 is 0 Å². The molecule has 0 aliphatic heterocycles. The molecule has 1 aromatic rings. The topological polar surface area (TPSA) is 62.2 Å². The zero-order valence-corrected chi connectivity index (χ0v) is 8.33. The van der Waals surface area contributed by atoms with Gasteiger partial charge in [0.25, 0.3) is 0 Å². The Morgan fingerprint density at radius 3 is 2.93 bits per heavy atom. The number of rotatable bonds is 4. The van der Waals surface area contributed by atoms with Crippen LogP contribution in [0.5, 0.6) is 0 Å². The highest BCUT2D eigenvalue weighted by Gasteiger charge is 2.44. The minimum Gasteiger partial charge on any atom is -0.750 e. The number of hydrogen-bond donors (Lipinski definition) is 0. The average Bonchev–Trinajstić information content (AvgIpc) is 2.97. The van der Waals surface area contributed by atoms with Gasteiger partial charge < -0.3 is 4.55 Å². The van der Waals surface area contributed by atoms with Crippen molar-refractivity contribution in [1.29, 1.82) is 0 Å². The maximum absolute atomic E-state index is 10.3. The highest BCUT2D eigenvalue weighted by molar-refractivity contribution is 7.74. The Labute approximate surface area is 84.8 Å². The van der Waals surface area contributed by atoms with E-state index < -0.39 is 11.4 Å². The van der Waals surface area contributed by atoms with Gasteiger partial charge in [0.1, 0.15) is 0 Å². The maximum Gasteiger partial charge on any atom is 0.0842 e. The van der Waals surface area contributed by atoms with Crippen LogP contribution < -0.4 is 0 Å². The number of nitrogens with zero attached hydrogens (tertiary/aromatic N) is 1. The molecule has 1 heterocycles. The summed E-state index contributed by atoms with van der Waals surface area (Å²) in [7, 11) is 0. The minimum absolute atomic E-state index is 0.103. The highest BCUT2D eigenvalue weighted by Crippen LogP contribution is 2.48. The predicted octanol–water partition coefficient (Wildman–Crippen LogP) is 0.924. The van der Waals surface area contributed by atoms with Crippen molar-refractivity contribution < 1.29 is 12.9 Å². The Hall–Kier alpha value is -0.780. The molecule has 1 unspecified atom stereocenters. The molecule has 1 fully saturated rings. The molecule has 76 valence electrons. The molecular formula is C9H10NO3S-. The fourth-order valence-corrected chi connectivity index (χ4v) is 1.83. The van der Waals surface area contributed by atoms with Gasteiger partial charge in [-0.3, -0.25) is 9.17 Å². The van der Waals surface area contributed by atoms with Gasteiger partial charge in [-0.2, -0.15) is 0 Å². The van der Waals surface area contributed by atoms with Crippen molar-refractivity contribution in [1.82, 2.24) is 4.98 Å². The van der Waals surface area contributed by atoms with Crippen LogP contribution in [-0.2, 0) is 21.0 Å². The van der Waals surface area contributed by atoms with Crippen LogP contribution in [0, 0.1) is 0 Å².